The Morgan fingerprint density at radius 3 is 1.68 bits per heavy atom. The van der Waals surface area contributed by atoms with E-state index in [2.05, 4.69) is 38.3 Å². The highest BCUT2D eigenvalue weighted by Gasteiger charge is 2.16. The van der Waals surface area contributed by atoms with E-state index in [0.29, 0.717) is 17.9 Å². The first-order chi connectivity index (χ1) is 11.5. The maximum absolute atomic E-state index is 11.4. The minimum Gasteiger partial charge on any atom is -0.321 e. The summed E-state index contributed by atoms with van der Waals surface area (Å²) in [5.41, 5.74) is 5.71. The first-order valence-electron chi connectivity index (χ1n) is 9.77. The van der Waals surface area contributed by atoms with Crippen molar-refractivity contribution in [2.24, 2.45) is 17.6 Å². The molecule has 0 saturated carbocycles. The summed E-state index contributed by atoms with van der Waals surface area (Å²) in [6.07, 6.45) is 2.42. The quantitative estimate of drug-likeness (QED) is 0.468. The lowest BCUT2D eigenvalue weighted by molar-refractivity contribution is -0.123. The number of nitrogens with two attached hydrogens (primary N) is 1. The number of rotatable bonds is 12. The van der Waals surface area contributed by atoms with E-state index in [1.165, 1.54) is 0 Å². The van der Waals surface area contributed by atoms with Gasteiger partial charge in [0.05, 0.1) is 6.04 Å². The van der Waals surface area contributed by atoms with Gasteiger partial charge in [0.15, 0.2) is 5.78 Å². The minimum atomic E-state index is -0.300. The standard InChI is InChI=1S/C10H22N2O.C10H21NO/c1-7(2)10(13)9(11)5-6-12-8(3)4;1-8(2)10(12)6-5-7-11-9(3)4/h7-9,12H,5-6,11H2,1-4H3;8-9,11H,5-7H2,1-4H3. The highest BCUT2D eigenvalue weighted by molar-refractivity contribution is 5.85. The van der Waals surface area contributed by atoms with E-state index >= 15 is 0 Å². The highest BCUT2D eigenvalue weighted by atomic mass is 16.1. The highest BCUT2D eigenvalue weighted by Crippen LogP contribution is 2.01. The smallest absolute Gasteiger partial charge is 0.152 e. The van der Waals surface area contributed by atoms with Crippen LogP contribution in [0.5, 0.6) is 0 Å². The topological polar surface area (TPSA) is 84.2 Å². The maximum atomic E-state index is 11.4. The van der Waals surface area contributed by atoms with E-state index in [4.69, 9.17) is 5.73 Å². The van der Waals surface area contributed by atoms with Crippen LogP contribution in [-0.2, 0) is 9.59 Å². The van der Waals surface area contributed by atoms with E-state index in [9.17, 15) is 9.59 Å². The summed E-state index contributed by atoms with van der Waals surface area (Å²) >= 11 is 0. The zero-order chi connectivity index (χ0) is 20.0. The molecule has 1 atom stereocenters. The third-order valence-electron chi connectivity index (χ3n) is 3.74. The molecule has 0 aromatic rings. The molecular formula is C20H43N3O2. The molecule has 0 aliphatic rings. The molecule has 25 heavy (non-hydrogen) atoms. The summed E-state index contributed by atoms with van der Waals surface area (Å²) in [6.45, 7) is 17.8. The molecule has 0 aromatic carbocycles. The van der Waals surface area contributed by atoms with Crippen LogP contribution in [0.1, 0.15) is 74.7 Å². The van der Waals surface area contributed by atoms with Gasteiger partial charge in [-0.1, -0.05) is 55.4 Å². The van der Waals surface area contributed by atoms with Gasteiger partial charge in [0.1, 0.15) is 5.78 Å². The number of hydrogen-bond donors (Lipinski definition) is 3. The predicted octanol–water partition coefficient (Wildman–Crippen LogP) is 2.92. The molecule has 0 fully saturated rings. The summed E-state index contributed by atoms with van der Waals surface area (Å²) in [4.78, 5) is 22.5. The van der Waals surface area contributed by atoms with Crippen molar-refractivity contribution in [1.82, 2.24) is 10.6 Å². The fraction of sp³-hybridized carbons (Fsp3) is 0.900. The van der Waals surface area contributed by atoms with E-state index in [1.807, 2.05) is 27.7 Å². The Morgan fingerprint density at radius 1 is 0.800 bits per heavy atom. The maximum Gasteiger partial charge on any atom is 0.152 e. The molecule has 0 rings (SSSR count). The van der Waals surface area contributed by atoms with Crippen molar-refractivity contribution in [2.75, 3.05) is 13.1 Å². The van der Waals surface area contributed by atoms with Crippen LogP contribution in [0.3, 0.4) is 0 Å². The fourth-order valence-electron chi connectivity index (χ4n) is 2.04. The average molecular weight is 358 g/mol. The number of Topliss-reactive ketones (excluding diaryl/α,β-unsaturated/α-hetero) is 2. The zero-order valence-electron chi connectivity index (χ0n) is 17.8. The SMILES string of the molecule is CC(C)NCCC(N)C(=O)C(C)C.CC(C)NCCCC(=O)C(C)C. The lowest BCUT2D eigenvalue weighted by Crippen LogP contribution is -2.37. The van der Waals surface area contributed by atoms with Gasteiger partial charge in [-0.2, -0.15) is 0 Å². The number of carbonyl (C=O) groups excluding carboxylic acids is 2. The van der Waals surface area contributed by atoms with Gasteiger partial charge < -0.3 is 16.4 Å². The van der Waals surface area contributed by atoms with Gasteiger partial charge >= 0.3 is 0 Å². The third-order valence-corrected chi connectivity index (χ3v) is 3.74. The molecule has 0 aliphatic heterocycles. The van der Waals surface area contributed by atoms with Gasteiger partial charge in [0.2, 0.25) is 0 Å². The summed E-state index contributed by atoms with van der Waals surface area (Å²) in [7, 11) is 0. The molecular weight excluding hydrogens is 314 g/mol. The number of ketones is 2. The zero-order valence-corrected chi connectivity index (χ0v) is 17.8. The Labute approximate surface area is 155 Å². The first kappa shape index (κ1) is 26.4. The summed E-state index contributed by atoms with van der Waals surface area (Å²) in [5.74, 6) is 0.782. The Morgan fingerprint density at radius 2 is 1.28 bits per heavy atom. The predicted molar refractivity (Wildman–Crippen MR) is 108 cm³/mol. The second-order valence-electron chi connectivity index (χ2n) is 7.89. The fourth-order valence-corrected chi connectivity index (χ4v) is 2.04. The molecule has 5 nitrogen and oxygen atoms in total. The van der Waals surface area contributed by atoms with Crippen LogP contribution in [0.25, 0.3) is 0 Å². The van der Waals surface area contributed by atoms with Crippen molar-refractivity contribution in [2.45, 2.75) is 92.8 Å². The van der Waals surface area contributed by atoms with Crippen LogP contribution in [0.4, 0.5) is 0 Å². The van der Waals surface area contributed by atoms with Crippen molar-refractivity contribution < 1.29 is 9.59 Å². The van der Waals surface area contributed by atoms with Crippen LogP contribution >= 0.6 is 0 Å². The lowest BCUT2D eigenvalue weighted by Gasteiger charge is -2.14. The Hall–Kier alpha value is -0.780. The van der Waals surface area contributed by atoms with Gasteiger partial charge in [-0.15, -0.1) is 0 Å². The first-order valence-corrected chi connectivity index (χ1v) is 9.77. The van der Waals surface area contributed by atoms with Crippen molar-refractivity contribution in [1.29, 1.82) is 0 Å². The Kier molecular flexibility index (Phi) is 16.4. The van der Waals surface area contributed by atoms with Crippen LogP contribution in [-0.4, -0.2) is 42.8 Å². The average Bonchev–Trinajstić information content (AvgIpc) is 2.50. The van der Waals surface area contributed by atoms with Crippen molar-refractivity contribution in [3.05, 3.63) is 0 Å². The molecule has 0 saturated heterocycles. The number of hydrogen-bond acceptors (Lipinski definition) is 5. The van der Waals surface area contributed by atoms with E-state index < -0.39 is 0 Å². The van der Waals surface area contributed by atoms with Crippen molar-refractivity contribution in [3.8, 4) is 0 Å². The molecule has 5 heteroatoms. The van der Waals surface area contributed by atoms with Crippen molar-refractivity contribution in [3.63, 3.8) is 0 Å². The second-order valence-corrected chi connectivity index (χ2v) is 7.89. The monoisotopic (exact) mass is 357 g/mol. The largest absolute Gasteiger partial charge is 0.321 e. The minimum absolute atomic E-state index is 0.0500. The van der Waals surface area contributed by atoms with Gasteiger partial charge in [-0.25, -0.2) is 0 Å². The Bertz CT molecular complexity index is 353. The molecule has 0 heterocycles. The Balaban J connectivity index is 0. The molecule has 0 amide bonds. The molecule has 1 unspecified atom stereocenters. The summed E-state index contributed by atoms with van der Waals surface area (Å²) < 4.78 is 0. The van der Waals surface area contributed by atoms with Crippen molar-refractivity contribution >= 4 is 11.6 Å². The van der Waals surface area contributed by atoms with E-state index in [-0.39, 0.29) is 23.7 Å². The van der Waals surface area contributed by atoms with E-state index in [0.717, 1.165) is 32.4 Å². The molecule has 4 N–H and O–H groups in total. The van der Waals surface area contributed by atoms with Gasteiger partial charge in [0.25, 0.3) is 0 Å². The summed E-state index contributed by atoms with van der Waals surface area (Å²) in [6, 6.07) is 0.687. The van der Waals surface area contributed by atoms with Crippen LogP contribution in [0.15, 0.2) is 0 Å². The normalized spacial score (nSPS) is 12.5. The molecule has 0 radical (unpaired) electrons. The lowest BCUT2D eigenvalue weighted by atomic mass is 10.0. The van der Waals surface area contributed by atoms with Gasteiger partial charge in [0, 0.05) is 30.3 Å². The molecule has 0 aliphatic carbocycles. The second kappa shape index (κ2) is 15.5. The third kappa shape index (κ3) is 17.8. The number of carbonyl (C=O) groups is 2. The van der Waals surface area contributed by atoms with Gasteiger partial charge in [-0.05, 0) is 25.9 Å². The van der Waals surface area contributed by atoms with Gasteiger partial charge in [-0.3, -0.25) is 9.59 Å². The number of nitrogens with one attached hydrogen (secondary N) is 2. The molecule has 0 spiro atoms. The van der Waals surface area contributed by atoms with Crippen LogP contribution in [0, 0.1) is 11.8 Å². The molecule has 150 valence electrons. The van der Waals surface area contributed by atoms with E-state index in [1.54, 1.807) is 0 Å². The van der Waals surface area contributed by atoms with Crippen LogP contribution < -0.4 is 16.4 Å². The van der Waals surface area contributed by atoms with Crippen LogP contribution in [0.2, 0.25) is 0 Å². The summed E-state index contributed by atoms with van der Waals surface area (Å²) in [5, 5.41) is 6.53. The molecule has 0 aromatic heterocycles. The molecule has 0 bridgehead atoms.